The van der Waals surface area contributed by atoms with Gasteiger partial charge in [0.1, 0.15) is 5.69 Å². The van der Waals surface area contributed by atoms with Crippen LogP contribution in [-0.4, -0.2) is 28.0 Å². The van der Waals surface area contributed by atoms with Crippen molar-refractivity contribution in [2.75, 3.05) is 0 Å². The number of carboxylic acids is 1. The molecule has 98 valence electrons. The second kappa shape index (κ2) is 4.84. The second-order valence-corrected chi connectivity index (χ2v) is 5.08. The van der Waals surface area contributed by atoms with Gasteiger partial charge in [0.05, 0.1) is 5.41 Å². The first kappa shape index (κ1) is 12.7. The normalized spacial score (nSPS) is 27.7. The molecule has 5 heteroatoms. The number of carboxylic acid groups (broad SMARTS) is 1. The number of carbonyl (C=O) groups excluding carboxylic acids is 1. The first-order valence-electron chi connectivity index (χ1n) is 6.22. The van der Waals surface area contributed by atoms with Crippen LogP contribution in [0.15, 0.2) is 18.3 Å². The Morgan fingerprint density at radius 2 is 2.28 bits per heavy atom. The number of hydrogen-bond acceptors (Lipinski definition) is 2. The van der Waals surface area contributed by atoms with Gasteiger partial charge < -0.3 is 15.4 Å². The third-order valence-electron chi connectivity index (χ3n) is 3.84. The molecule has 1 aromatic heterocycles. The Kier molecular flexibility index (Phi) is 3.41. The van der Waals surface area contributed by atoms with E-state index in [0.717, 1.165) is 19.3 Å². The van der Waals surface area contributed by atoms with E-state index in [9.17, 15) is 14.7 Å². The molecule has 1 aliphatic carbocycles. The third kappa shape index (κ3) is 2.25. The monoisotopic (exact) mass is 250 g/mol. The van der Waals surface area contributed by atoms with Crippen molar-refractivity contribution in [3.63, 3.8) is 0 Å². The van der Waals surface area contributed by atoms with Crippen molar-refractivity contribution in [2.24, 2.45) is 5.41 Å². The minimum Gasteiger partial charge on any atom is -0.481 e. The van der Waals surface area contributed by atoms with Gasteiger partial charge in [0.25, 0.3) is 5.91 Å². The molecular formula is C13H18N2O3. The minimum atomic E-state index is -0.861. The topological polar surface area (TPSA) is 82.2 Å². The van der Waals surface area contributed by atoms with Crippen molar-refractivity contribution < 1.29 is 14.7 Å². The molecule has 2 rings (SSSR count). The summed E-state index contributed by atoms with van der Waals surface area (Å²) in [5, 5.41) is 12.2. The molecular weight excluding hydrogens is 232 g/mol. The van der Waals surface area contributed by atoms with E-state index >= 15 is 0 Å². The van der Waals surface area contributed by atoms with Gasteiger partial charge in [-0.25, -0.2) is 0 Å². The molecule has 0 aromatic carbocycles. The lowest BCUT2D eigenvalue weighted by atomic mass is 9.71. The number of carbonyl (C=O) groups is 2. The van der Waals surface area contributed by atoms with Crippen LogP contribution in [0.1, 0.15) is 43.1 Å². The lowest BCUT2D eigenvalue weighted by Gasteiger charge is -2.38. The molecule has 0 bridgehead atoms. The number of rotatable bonds is 3. The molecule has 1 saturated carbocycles. The molecule has 1 heterocycles. The van der Waals surface area contributed by atoms with Crippen molar-refractivity contribution >= 4 is 11.9 Å². The average molecular weight is 250 g/mol. The third-order valence-corrected chi connectivity index (χ3v) is 3.84. The molecule has 1 aliphatic rings. The summed E-state index contributed by atoms with van der Waals surface area (Å²) in [6.07, 6.45) is 4.86. The SMILES string of the molecule is CC1(C(=O)O)CCCCC1NC(=O)c1ccc[nH]1. The summed E-state index contributed by atoms with van der Waals surface area (Å²) in [5.41, 5.74) is -0.395. The Labute approximate surface area is 106 Å². The molecule has 0 spiro atoms. The minimum absolute atomic E-state index is 0.237. The molecule has 1 fully saturated rings. The first-order valence-corrected chi connectivity index (χ1v) is 6.22. The number of amides is 1. The summed E-state index contributed by atoms with van der Waals surface area (Å²) in [6, 6.07) is 3.11. The van der Waals surface area contributed by atoms with Gasteiger partial charge in [0.2, 0.25) is 0 Å². The zero-order valence-corrected chi connectivity index (χ0v) is 10.4. The summed E-state index contributed by atoms with van der Waals surface area (Å²) >= 11 is 0. The van der Waals surface area contributed by atoms with Gasteiger partial charge in [-0.15, -0.1) is 0 Å². The Morgan fingerprint density at radius 1 is 1.50 bits per heavy atom. The van der Waals surface area contributed by atoms with Gasteiger partial charge in [-0.1, -0.05) is 12.8 Å². The number of aliphatic carboxylic acids is 1. The van der Waals surface area contributed by atoms with Gasteiger partial charge in [-0.05, 0) is 31.9 Å². The molecule has 1 aromatic rings. The van der Waals surface area contributed by atoms with E-state index in [1.165, 1.54) is 0 Å². The molecule has 0 radical (unpaired) electrons. The fraction of sp³-hybridized carbons (Fsp3) is 0.538. The molecule has 2 atom stereocenters. The maximum Gasteiger partial charge on any atom is 0.311 e. The fourth-order valence-corrected chi connectivity index (χ4v) is 2.53. The van der Waals surface area contributed by atoms with Crippen LogP contribution in [0, 0.1) is 5.41 Å². The van der Waals surface area contributed by atoms with Crippen LogP contribution < -0.4 is 5.32 Å². The number of hydrogen-bond donors (Lipinski definition) is 3. The number of nitrogens with one attached hydrogen (secondary N) is 2. The van der Waals surface area contributed by atoms with Gasteiger partial charge in [-0.3, -0.25) is 9.59 Å². The summed E-state index contributed by atoms with van der Waals surface area (Å²) < 4.78 is 0. The van der Waals surface area contributed by atoms with Crippen molar-refractivity contribution in [1.29, 1.82) is 0 Å². The van der Waals surface area contributed by atoms with E-state index in [2.05, 4.69) is 10.3 Å². The predicted molar refractivity (Wildman–Crippen MR) is 66.3 cm³/mol. The van der Waals surface area contributed by atoms with Crippen LogP contribution in [-0.2, 0) is 4.79 Å². The summed E-state index contributed by atoms with van der Waals surface area (Å²) in [7, 11) is 0. The Bertz CT molecular complexity index is 441. The van der Waals surface area contributed by atoms with E-state index < -0.39 is 11.4 Å². The number of aromatic amines is 1. The van der Waals surface area contributed by atoms with Crippen molar-refractivity contribution in [1.82, 2.24) is 10.3 Å². The molecule has 5 nitrogen and oxygen atoms in total. The largest absolute Gasteiger partial charge is 0.481 e. The highest BCUT2D eigenvalue weighted by Gasteiger charge is 2.43. The van der Waals surface area contributed by atoms with Crippen LogP contribution in [0.2, 0.25) is 0 Å². The molecule has 18 heavy (non-hydrogen) atoms. The molecule has 1 amide bonds. The van der Waals surface area contributed by atoms with E-state index in [1.807, 2.05) is 0 Å². The number of aromatic nitrogens is 1. The quantitative estimate of drug-likeness (QED) is 0.764. The Hall–Kier alpha value is -1.78. The second-order valence-electron chi connectivity index (χ2n) is 5.08. The number of H-pyrrole nitrogens is 1. The molecule has 2 unspecified atom stereocenters. The summed E-state index contributed by atoms with van der Waals surface area (Å²) in [6.45, 7) is 1.72. The van der Waals surface area contributed by atoms with Gasteiger partial charge in [0, 0.05) is 12.2 Å². The lowest BCUT2D eigenvalue weighted by Crippen LogP contribution is -2.52. The molecule has 3 N–H and O–H groups in total. The van der Waals surface area contributed by atoms with Crippen LogP contribution in [0.4, 0.5) is 0 Å². The van der Waals surface area contributed by atoms with Crippen LogP contribution in [0.3, 0.4) is 0 Å². The molecule has 0 saturated heterocycles. The van der Waals surface area contributed by atoms with Crippen molar-refractivity contribution in [2.45, 2.75) is 38.6 Å². The predicted octanol–water partition coefficient (Wildman–Crippen LogP) is 1.78. The van der Waals surface area contributed by atoms with Gasteiger partial charge >= 0.3 is 5.97 Å². The van der Waals surface area contributed by atoms with E-state index in [1.54, 1.807) is 25.3 Å². The maximum absolute atomic E-state index is 11.9. The first-order chi connectivity index (χ1) is 8.54. The van der Waals surface area contributed by atoms with Crippen LogP contribution in [0.25, 0.3) is 0 Å². The fourth-order valence-electron chi connectivity index (χ4n) is 2.53. The van der Waals surface area contributed by atoms with Gasteiger partial charge in [-0.2, -0.15) is 0 Å². The standard InChI is InChI=1S/C13H18N2O3/c1-13(12(17)18)7-3-2-6-10(13)15-11(16)9-5-4-8-14-9/h4-5,8,10,14H,2-3,6-7H2,1H3,(H,15,16)(H,17,18). The van der Waals surface area contributed by atoms with E-state index in [-0.39, 0.29) is 11.9 Å². The smallest absolute Gasteiger partial charge is 0.311 e. The molecule has 0 aliphatic heterocycles. The highest BCUT2D eigenvalue weighted by Crippen LogP contribution is 2.36. The Morgan fingerprint density at radius 3 is 2.89 bits per heavy atom. The van der Waals surface area contributed by atoms with Crippen LogP contribution >= 0.6 is 0 Å². The zero-order chi connectivity index (χ0) is 13.2. The maximum atomic E-state index is 11.9. The van der Waals surface area contributed by atoms with Crippen molar-refractivity contribution in [3.8, 4) is 0 Å². The van der Waals surface area contributed by atoms with Crippen LogP contribution in [0.5, 0.6) is 0 Å². The highest BCUT2D eigenvalue weighted by atomic mass is 16.4. The van der Waals surface area contributed by atoms with Crippen molar-refractivity contribution in [3.05, 3.63) is 24.0 Å². The average Bonchev–Trinajstić information content (AvgIpc) is 2.85. The lowest BCUT2D eigenvalue weighted by molar-refractivity contribution is -0.151. The summed E-state index contributed by atoms with van der Waals surface area (Å²) in [5.74, 6) is -1.07. The van der Waals surface area contributed by atoms with E-state index in [0.29, 0.717) is 12.1 Å². The zero-order valence-electron chi connectivity index (χ0n) is 10.4. The highest BCUT2D eigenvalue weighted by molar-refractivity contribution is 5.93. The Balaban J connectivity index is 2.11. The van der Waals surface area contributed by atoms with E-state index in [4.69, 9.17) is 0 Å². The summed E-state index contributed by atoms with van der Waals surface area (Å²) in [4.78, 5) is 26.2. The van der Waals surface area contributed by atoms with Gasteiger partial charge in [0.15, 0.2) is 0 Å².